The van der Waals surface area contributed by atoms with Gasteiger partial charge in [-0.1, -0.05) is 59.8 Å². The number of nitriles is 1. The van der Waals surface area contributed by atoms with Crippen molar-refractivity contribution < 1.29 is 13.5 Å². The lowest BCUT2D eigenvalue weighted by atomic mass is 10.00. The molecule has 0 radical (unpaired) electrons. The third kappa shape index (κ3) is 8.23. The monoisotopic (exact) mass is 543 g/mol. The SMILES string of the molecule is CCCCc1c(C#N)c(O)n(CCCC)c(=O)c1N=Nc1ccc(S(=O)(=O)NCC(CC)CCCC)cc1. The highest BCUT2D eigenvalue weighted by Crippen LogP contribution is 2.29. The van der Waals surface area contributed by atoms with E-state index in [1.165, 1.54) is 28.8 Å². The Bertz CT molecular complexity index is 1280. The molecular formula is C28H41N5O4S. The van der Waals surface area contributed by atoms with Gasteiger partial charge in [0, 0.05) is 18.7 Å². The van der Waals surface area contributed by atoms with Crippen molar-refractivity contribution in [1.29, 1.82) is 5.26 Å². The summed E-state index contributed by atoms with van der Waals surface area (Å²) in [7, 11) is -3.67. The first kappa shape index (κ1) is 31.2. The van der Waals surface area contributed by atoms with Crippen LogP contribution >= 0.6 is 0 Å². The van der Waals surface area contributed by atoms with E-state index in [1.54, 1.807) is 0 Å². The van der Waals surface area contributed by atoms with E-state index in [2.05, 4.69) is 28.8 Å². The average molecular weight is 544 g/mol. The number of nitrogens with one attached hydrogen (secondary N) is 1. The van der Waals surface area contributed by atoms with Crippen LogP contribution in [0.5, 0.6) is 5.88 Å². The Hall–Kier alpha value is -3.03. The maximum atomic E-state index is 13.2. The van der Waals surface area contributed by atoms with Crippen LogP contribution < -0.4 is 10.3 Å². The van der Waals surface area contributed by atoms with Crippen LogP contribution in [0.1, 0.15) is 90.2 Å². The first-order valence-electron chi connectivity index (χ1n) is 13.6. The lowest BCUT2D eigenvalue weighted by Gasteiger charge is -2.15. The molecule has 0 amide bonds. The second-order valence-electron chi connectivity index (χ2n) is 9.51. The van der Waals surface area contributed by atoms with Gasteiger partial charge in [-0.25, -0.2) is 13.1 Å². The van der Waals surface area contributed by atoms with Crippen LogP contribution in [0.2, 0.25) is 0 Å². The molecule has 2 N–H and O–H groups in total. The summed E-state index contributed by atoms with van der Waals surface area (Å²) in [6, 6.07) is 8.00. The standard InChI is InChI=1S/C28H41N5O4S/c1-5-9-12-21(8-4)20-30-38(36,37)23-16-14-22(15-17-23)31-32-26-24(13-10-6-2)25(19-29)27(34)33(28(26)35)18-11-7-3/h14-17,21,30,34H,5-13,18,20H2,1-4H3. The van der Waals surface area contributed by atoms with Crippen LogP contribution in [0, 0.1) is 17.2 Å². The van der Waals surface area contributed by atoms with E-state index in [1.807, 2.05) is 19.9 Å². The molecule has 10 heteroatoms. The van der Waals surface area contributed by atoms with E-state index in [9.17, 15) is 23.6 Å². The van der Waals surface area contributed by atoms with Gasteiger partial charge in [-0.15, -0.1) is 5.11 Å². The molecule has 0 aliphatic carbocycles. The van der Waals surface area contributed by atoms with Crippen LogP contribution in [0.25, 0.3) is 0 Å². The Kier molecular flexibility index (Phi) is 12.6. The van der Waals surface area contributed by atoms with Gasteiger partial charge >= 0.3 is 0 Å². The van der Waals surface area contributed by atoms with Crippen LogP contribution in [0.4, 0.5) is 11.4 Å². The summed E-state index contributed by atoms with van der Waals surface area (Å²) in [6.45, 7) is 8.81. The summed E-state index contributed by atoms with van der Waals surface area (Å²) in [5.41, 5.74) is 0.317. The number of hydrogen-bond donors (Lipinski definition) is 2. The first-order chi connectivity index (χ1) is 18.2. The van der Waals surface area contributed by atoms with Crippen molar-refractivity contribution in [3.63, 3.8) is 0 Å². The second kappa shape index (κ2) is 15.4. The maximum Gasteiger partial charge on any atom is 0.281 e. The first-order valence-corrected chi connectivity index (χ1v) is 15.1. The van der Waals surface area contributed by atoms with Gasteiger partial charge in [0.15, 0.2) is 5.69 Å². The van der Waals surface area contributed by atoms with E-state index >= 15 is 0 Å². The largest absolute Gasteiger partial charge is 0.493 e. The Balaban J connectivity index is 2.35. The smallest absolute Gasteiger partial charge is 0.281 e. The van der Waals surface area contributed by atoms with Crippen LogP contribution in [-0.4, -0.2) is 24.6 Å². The van der Waals surface area contributed by atoms with Crippen molar-refractivity contribution in [1.82, 2.24) is 9.29 Å². The minimum absolute atomic E-state index is 0.0277. The Morgan fingerprint density at radius 2 is 1.68 bits per heavy atom. The fourth-order valence-corrected chi connectivity index (χ4v) is 5.25. The molecule has 0 aliphatic heterocycles. The number of aromatic nitrogens is 1. The number of aromatic hydroxyl groups is 1. The molecule has 0 bridgehead atoms. The zero-order chi connectivity index (χ0) is 28.1. The number of hydrogen-bond acceptors (Lipinski definition) is 7. The predicted molar refractivity (Wildman–Crippen MR) is 150 cm³/mol. The van der Waals surface area contributed by atoms with Gasteiger partial charge in [-0.2, -0.15) is 10.4 Å². The molecular weight excluding hydrogens is 502 g/mol. The van der Waals surface area contributed by atoms with Crippen LogP contribution in [0.3, 0.4) is 0 Å². The number of azo groups is 1. The zero-order valence-electron chi connectivity index (χ0n) is 23.0. The highest BCUT2D eigenvalue weighted by atomic mass is 32.2. The van der Waals surface area contributed by atoms with Gasteiger partial charge in [0.2, 0.25) is 15.9 Å². The highest BCUT2D eigenvalue weighted by Gasteiger charge is 2.21. The molecule has 208 valence electrons. The van der Waals surface area contributed by atoms with E-state index in [-0.39, 0.29) is 28.6 Å². The van der Waals surface area contributed by atoms with Gasteiger partial charge in [0.25, 0.3) is 5.56 Å². The van der Waals surface area contributed by atoms with Crippen LogP contribution in [0.15, 0.2) is 44.2 Å². The Morgan fingerprint density at radius 3 is 2.26 bits per heavy atom. The number of pyridine rings is 1. The summed E-state index contributed by atoms with van der Waals surface area (Å²) in [4.78, 5) is 13.4. The minimum Gasteiger partial charge on any atom is -0.493 e. The summed E-state index contributed by atoms with van der Waals surface area (Å²) < 4.78 is 29.4. The van der Waals surface area contributed by atoms with E-state index in [0.29, 0.717) is 43.0 Å². The van der Waals surface area contributed by atoms with Gasteiger partial charge in [-0.05, 0) is 55.9 Å². The normalized spacial score (nSPS) is 12.6. The molecule has 38 heavy (non-hydrogen) atoms. The van der Waals surface area contributed by atoms with E-state index in [0.717, 1.165) is 38.5 Å². The fourth-order valence-electron chi connectivity index (χ4n) is 4.14. The van der Waals surface area contributed by atoms with Gasteiger partial charge < -0.3 is 5.11 Å². The molecule has 0 saturated heterocycles. The molecule has 2 aromatic rings. The topological polar surface area (TPSA) is 137 Å². The summed E-state index contributed by atoms with van der Waals surface area (Å²) >= 11 is 0. The summed E-state index contributed by atoms with van der Waals surface area (Å²) in [6.07, 6.45) is 7.47. The van der Waals surface area contributed by atoms with Gasteiger partial charge in [0.1, 0.15) is 11.6 Å². The third-order valence-corrected chi connectivity index (χ3v) is 8.10. The quantitative estimate of drug-likeness (QED) is 0.233. The lowest BCUT2D eigenvalue weighted by Crippen LogP contribution is -2.29. The highest BCUT2D eigenvalue weighted by molar-refractivity contribution is 7.89. The number of rotatable bonds is 16. The molecule has 0 saturated carbocycles. The minimum atomic E-state index is -3.67. The van der Waals surface area contributed by atoms with E-state index in [4.69, 9.17) is 0 Å². The third-order valence-electron chi connectivity index (χ3n) is 6.66. The molecule has 9 nitrogen and oxygen atoms in total. The maximum absolute atomic E-state index is 13.2. The molecule has 0 spiro atoms. The van der Waals surface area contributed by atoms with Crippen molar-refractivity contribution in [2.45, 2.75) is 96.9 Å². The van der Waals surface area contributed by atoms with E-state index < -0.39 is 15.6 Å². The molecule has 2 rings (SSSR count). The molecule has 0 fully saturated rings. The molecule has 0 aliphatic rings. The Morgan fingerprint density at radius 1 is 1.03 bits per heavy atom. The number of nitrogens with zero attached hydrogens (tertiary/aromatic N) is 4. The van der Waals surface area contributed by atoms with Crippen molar-refractivity contribution in [3.05, 3.63) is 45.7 Å². The molecule has 1 unspecified atom stereocenters. The second-order valence-corrected chi connectivity index (χ2v) is 11.3. The van der Waals surface area contributed by atoms with Crippen molar-refractivity contribution in [2.75, 3.05) is 6.54 Å². The summed E-state index contributed by atoms with van der Waals surface area (Å²) in [5, 5.41) is 28.8. The predicted octanol–water partition coefficient (Wildman–Crippen LogP) is 6.48. The number of benzene rings is 1. The molecule has 1 heterocycles. The van der Waals surface area contributed by atoms with Gasteiger partial charge in [0.05, 0.1) is 10.6 Å². The molecule has 1 atom stereocenters. The lowest BCUT2D eigenvalue weighted by molar-refractivity contribution is 0.399. The van der Waals surface area contributed by atoms with Crippen molar-refractivity contribution >= 4 is 21.4 Å². The summed E-state index contributed by atoms with van der Waals surface area (Å²) in [5.74, 6) is -0.0391. The number of unbranched alkanes of at least 4 members (excludes halogenated alkanes) is 3. The molecule has 1 aromatic heterocycles. The van der Waals surface area contributed by atoms with Crippen molar-refractivity contribution in [2.24, 2.45) is 16.1 Å². The van der Waals surface area contributed by atoms with Crippen molar-refractivity contribution in [3.8, 4) is 11.9 Å². The number of sulfonamides is 1. The zero-order valence-corrected chi connectivity index (χ0v) is 23.9. The van der Waals surface area contributed by atoms with Gasteiger partial charge in [-0.3, -0.25) is 9.36 Å². The average Bonchev–Trinajstić information content (AvgIpc) is 2.91. The fraction of sp³-hybridized carbons (Fsp3) is 0.571. The molecule has 1 aromatic carbocycles. The van der Waals surface area contributed by atoms with Crippen LogP contribution in [-0.2, 0) is 23.0 Å². The Labute approximate surface area is 226 Å².